The van der Waals surface area contributed by atoms with Crippen molar-refractivity contribution < 1.29 is 9.59 Å². The number of aromatic nitrogens is 4. The molecule has 0 unspecified atom stereocenters. The van der Waals surface area contributed by atoms with Crippen LogP contribution >= 0.6 is 35.0 Å². The number of nitrogens with zero attached hydrogens (tertiary/aromatic N) is 4. The maximum Gasteiger partial charge on any atom is 0.234 e. The lowest BCUT2D eigenvalue weighted by Crippen LogP contribution is -2.34. The number of rotatable bonds is 8. The van der Waals surface area contributed by atoms with E-state index in [2.05, 4.69) is 46.9 Å². The molecule has 2 N–H and O–H groups in total. The van der Waals surface area contributed by atoms with Gasteiger partial charge >= 0.3 is 0 Å². The predicted molar refractivity (Wildman–Crippen MR) is 162 cm³/mol. The Hall–Kier alpha value is -3.40. The van der Waals surface area contributed by atoms with Gasteiger partial charge in [-0.1, -0.05) is 92.1 Å². The Bertz CT molecular complexity index is 1530. The molecule has 0 aliphatic rings. The summed E-state index contributed by atoms with van der Waals surface area (Å²) >= 11 is 14.1. The summed E-state index contributed by atoms with van der Waals surface area (Å²) in [5, 5.41) is 18.8. The summed E-state index contributed by atoms with van der Waals surface area (Å²) in [6.45, 7) is 10.0. The third-order valence-corrected chi connectivity index (χ3v) is 7.91. The number of hydrogen-bond acceptors (Lipinski definition) is 6. The molecule has 8 nitrogen and oxygen atoms in total. The van der Waals surface area contributed by atoms with Gasteiger partial charge in [0, 0.05) is 5.69 Å². The molecule has 0 saturated heterocycles. The van der Waals surface area contributed by atoms with Gasteiger partial charge in [-0.05, 0) is 71.1 Å². The first-order valence-corrected chi connectivity index (χ1v) is 14.3. The monoisotopic (exact) mass is 596 g/mol. The van der Waals surface area contributed by atoms with Crippen LogP contribution < -0.4 is 10.6 Å². The average molecular weight is 598 g/mol. The van der Waals surface area contributed by atoms with E-state index in [1.807, 2.05) is 62.4 Å². The molecule has 11 heteroatoms. The second-order valence-corrected chi connectivity index (χ2v) is 12.5. The standard InChI is InChI=1S/C29H30Cl2N6O2S/c1-28(2,3)19-11-14-24(22(31)15-19)37-27(34-35-36-37)40-17-25(38)33-23-13-12-20(16-21(23)30)32-26(39)29(4,5)18-9-7-6-8-10-18/h6-16H,17H2,1-5H3,(H,32,39)(H,33,38). The average Bonchev–Trinajstić information content (AvgIpc) is 3.37. The third kappa shape index (κ3) is 6.83. The highest BCUT2D eigenvalue weighted by atomic mass is 35.5. The number of anilines is 2. The van der Waals surface area contributed by atoms with Gasteiger partial charge < -0.3 is 10.6 Å². The van der Waals surface area contributed by atoms with Crippen molar-refractivity contribution in [2.45, 2.75) is 50.6 Å². The minimum Gasteiger partial charge on any atom is -0.325 e. The zero-order valence-corrected chi connectivity index (χ0v) is 25.2. The van der Waals surface area contributed by atoms with Crippen LogP contribution in [0.4, 0.5) is 11.4 Å². The molecule has 4 aromatic rings. The molecule has 2 amide bonds. The molecular formula is C29H30Cl2N6O2S. The molecule has 0 saturated carbocycles. The summed E-state index contributed by atoms with van der Waals surface area (Å²) in [6, 6.07) is 20.2. The zero-order chi connectivity index (χ0) is 29.1. The number of halogens is 2. The van der Waals surface area contributed by atoms with Crippen LogP contribution in [0.2, 0.25) is 10.0 Å². The van der Waals surface area contributed by atoms with E-state index in [1.165, 1.54) is 16.4 Å². The Morgan fingerprint density at radius 2 is 1.60 bits per heavy atom. The molecule has 4 rings (SSSR count). The van der Waals surface area contributed by atoms with E-state index in [1.54, 1.807) is 18.2 Å². The molecule has 40 heavy (non-hydrogen) atoms. The van der Waals surface area contributed by atoms with Crippen LogP contribution in [-0.4, -0.2) is 37.8 Å². The van der Waals surface area contributed by atoms with Gasteiger partial charge in [0.15, 0.2) is 0 Å². The van der Waals surface area contributed by atoms with Crippen molar-refractivity contribution in [2.24, 2.45) is 0 Å². The number of benzene rings is 3. The predicted octanol–water partition coefficient (Wildman–Crippen LogP) is 6.91. The summed E-state index contributed by atoms with van der Waals surface area (Å²) in [7, 11) is 0. The van der Waals surface area contributed by atoms with Gasteiger partial charge in [0.05, 0.1) is 32.6 Å². The highest BCUT2D eigenvalue weighted by Crippen LogP contribution is 2.31. The van der Waals surface area contributed by atoms with Crippen LogP contribution in [0.15, 0.2) is 71.9 Å². The van der Waals surface area contributed by atoms with E-state index in [9.17, 15) is 9.59 Å². The molecule has 3 aromatic carbocycles. The lowest BCUT2D eigenvalue weighted by atomic mass is 9.83. The van der Waals surface area contributed by atoms with Crippen molar-refractivity contribution in [1.29, 1.82) is 0 Å². The Labute approximate surface area is 247 Å². The fourth-order valence-electron chi connectivity index (χ4n) is 3.85. The number of carbonyl (C=O) groups excluding carboxylic acids is 2. The molecule has 0 atom stereocenters. The SMILES string of the molecule is CC(C)(C)c1ccc(-n2nnnc2SCC(=O)Nc2ccc(NC(=O)C(C)(C)c3ccccc3)cc2Cl)c(Cl)c1. The number of nitrogens with one attached hydrogen (secondary N) is 2. The lowest BCUT2D eigenvalue weighted by Gasteiger charge is -2.24. The Morgan fingerprint density at radius 1 is 0.875 bits per heavy atom. The summed E-state index contributed by atoms with van der Waals surface area (Å²) in [5.74, 6) is -0.426. The van der Waals surface area contributed by atoms with Gasteiger partial charge in [0.2, 0.25) is 17.0 Å². The van der Waals surface area contributed by atoms with Gasteiger partial charge in [0.1, 0.15) is 0 Å². The molecule has 0 fully saturated rings. The summed E-state index contributed by atoms with van der Waals surface area (Å²) < 4.78 is 1.51. The minimum absolute atomic E-state index is 0.0398. The van der Waals surface area contributed by atoms with E-state index in [0.717, 1.165) is 11.1 Å². The van der Waals surface area contributed by atoms with Crippen molar-refractivity contribution in [3.8, 4) is 5.69 Å². The largest absolute Gasteiger partial charge is 0.325 e. The van der Waals surface area contributed by atoms with E-state index < -0.39 is 5.41 Å². The Balaban J connectivity index is 1.38. The molecule has 0 spiro atoms. The van der Waals surface area contributed by atoms with Crippen molar-refractivity contribution in [2.75, 3.05) is 16.4 Å². The highest BCUT2D eigenvalue weighted by molar-refractivity contribution is 7.99. The normalized spacial score (nSPS) is 11.8. The fourth-order valence-corrected chi connectivity index (χ4v) is 5.02. The maximum atomic E-state index is 13.0. The summed E-state index contributed by atoms with van der Waals surface area (Å²) in [4.78, 5) is 25.7. The molecule has 0 aliphatic heterocycles. The summed E-state index contributed by atoms with van der Waals surface area (Å²) in [6.07, 6.45) is 0. The Morgan fingerprint density at radius 3 is 2.25 bits per heavy atom. The molecular weight excluding hydrogens is 567 g/mol. The molecule has 1 heterocycles. The summed E-state index contributed by atoms with van der Waals surface area (Å²) in [5.41, 5.74) is 2.76. The lowest BCUT2D eigenvalue weighted by molar-refractivity contribution is -0.120. The topological polar surface area (TPSA) is 102 Å². The maximum absolute atomic E-state index is 13.0. The van der Waals surface area contributed by atoms with Crippen molar-refractivity contribution in [3.05, 3.63) is 87.9 Å². The van der Waals surface area contributed by atoms with Gasteiger partial charge in [0.25, 0.3) is 0 Å². The second kappa shape index (κ2) is 12.0. The fraction of sp³-hybridized carbons (Fsp3) is 0.276. The highest BCUT2D eigenvalue weighted by Gasteiger charge is 2.29. The first-order chi connectivity index (χ1) is 18.9. The third-order valence-electron chi connectivity index (χ3n) is 6.38. The molecule has 1 aromatic heterocycles. The van der Waals surface area contributed by atoms with Gasteiger partial charge in [-0.15, -0.1) is 5.10 Å². The van der Waals surface area contributed by atoms with Gasteiger partial charge in [-0.25, -0.2) is 0 Å². The molecule has 208 valence electrons. The molecule has 0 radical (unpaired) electrons. The van der Waals surface area contributed by atoms with Crippen molar-refractivity contribution in [3.63, 3.8) is 0 Å². The van der Waals surface area contributed by atoms with Gasteiger partial charge in [-0.2, -0.15) is 4.68 Å². The Kier molecular flexibility index (Phi) is 8.87. The van der Waals surface area contributed by atoms with Crippen molar-refractivity contribution >= 4 is 58.2 Å². The number of hydrogen-bond donors (Lipinski definition) is 2. The van der Waals surface area contributed by atoms with Gasteiger partial charge in [-0.3, -0.25) is 9.59 Å². The first-order valence-electron chi connectivity index (χ1n) is 12.5. The first kappa shape index (κ1) is 29.6. The number of thioether (sulfide) groups is 1. The minimum atomic E-state index is -0.744. The second-order valence-electron chi connectivity index (χ2n) is 10.8. The van der Waals surface area contributed by atoms with Crippen LogP contribution in [0, 0.1) is 0 Å². The van der Waals surface area contributed by atoms with Crippen LogP contribution in [0.25, 0.3) is 5.69 Å². The molecule has 0 bridgehead atoms. The van der Waals surface area contributed by atoms with Crippen LogP contribution in [0.5, 0.6) is 0 Å². The van der Waals surface area contributed by atoms with E-state index in [-0.39, 0.29) is 23.0 Å². The van der Waals surface area contributed by atoms with Crippen molar-refractivity contribution in [1.82, 2.24) is 20.2 Å². The van der Waals surface area contributed by atoms with Crippen LogP contribution in [0.1, 0.15) is 45.7 Å². The smallest absolute Gasteiger partial charge is 0.234 e. The zero-order valence-electron chi connectivity index (χ0n) is 22.8. The van der Waals surface area contributed by atoms with Crippen LogP contribution in [-0.2, 0) is 20.4 Å². The van der Waals surface area contributed by atoms with Crippen LogP contribution in [0.3, 0.4) is 0 Å². The quantitative estimate of drug-likeness (QED) is 0.214. The number of amides is 2. The van der Waals surface area contributed by atoms with E-state index in [4.69, 9.17) is 23.2 Å². The van der Waals surface area contributed by atoms with E-state index >= 15 is 0 Å². The number of carbonyl (C=O) groups is 2. The number of tetrazole rings is 1. The molecule has 0 aliphatic carbocycles. The van der Waals surface area contributed by atoms with E-state index in [0.29, 0.717) is 32.3 Å².